The Morgan fingerprint density at radius 2 is 1.79 bits per heavy atom. The zero-order valence-corrected chi connectivity index (χ0v) is 16.4. The summed E-state index contributed by atoms with van der Waals surface area (Å²) in [6.45, 7) is 1.78. The molecule has 146 valence electrons. The molecule has 1 aliphatic heterocycles. The van der Waals surface area contributed by atoms with E-state index in [-0.39, 0.29) is 0 Å². The van der Waals surface area contributed by atoms with Gasteiger partial charge in [-0.15, -0.1) is 0 Å². The van der Waals surface area contributed by atoms with E-state index in [9.17, 15) is 8.42 Å². The Bertz CT molecular complexity index is 1050. The SMILES string of the molecule is Nc1ccc(S(=O)(=O)N2CCC(NCc3cccc4ncccc34)CC2)cc1. The fourth-order valence-electron chi connectivity index (χ4n) is 3.66. The van der Waals surface area contributed by atoms with Crippen molar-refractivity contribution in [3.63, 3.8) is 0 Å². The average molecular weight is 397 g/mol. The number of hydrogen-bond acceptors (Lipinski definition) is 5. The Balaban J connectivity index is 1.37. The van der Waals surface area contributed by atoms with Crippen LogP contribution in [0.4, 0.5) is 5.69 Å². The predicted molar refractivity (Wildman–Crippen MR) is 111 cm³/mol. The summed E-state index contributed by atoms with van der Waals surface area (Å²) in [5, 5.41) is 4.74. The second-order valence-electron chi connectivity index (χ2n) is 7.12. The number of fused-ring (bicyclic) bond motifs is 1. The lowest BCUT2D eigenvalue weighted by Gasteiger charge is -2.31. The lowest BCUT2D eigenvalue weighted by molar-refractivity contribution is 0.289. The molecule has 2 aromatic carbocycles. The Morgan fingerprint density at radius 3 is 2.54 bits per heavy atom. The van der Waals surface area contributed by atoms with Gasteiger partial charge in [0.2, 0.25) is 10.0 Å². The first kappa shape index (κ1) is 18.9. The highest BCUT2D eigenvalue weighted by molar-refractivity contribution is 7.89. The largest absolute Gasteiger partial charge is 0.399 e. The number of hydrogen-bond donors (Lipinski definition) is 2. The lowest BCUT2D eigenvalue weighted by Crippen LogP contribution is -2.44. The third-order valence-corrected chi connectivity index (χ3v) is 7.20. The van der Waals surface area contributed by atoms with Crippen LogP contribution in [-0.4, -0.2) is 36.8 Å². The van der Waals surface area contributed by atoms with Crippen LogP contribution in [0.3, 0.4) is 0 Å². The van der Waals surface area contributed by atoms with Crippen LogP contribution < -0.4 is 11.1 Å². The highest BCUT2D eigenvalue weighted by Gasteiger charge is 2.29. The summed E-state index contributed by atoms with van der Waals surface area (Å²) < 4.78 is 27.1. The van der Waals surface area contributed by atoms with Crippen LogP contribution in [0.1, 0.15) is 18.4 Å². The van der Waals surface area contributed by atoms with E-state index >= 15 is 0 Å². The topological polar surface area (TPSA) is 88.3 Å². The molecule has 1 aliphatic rings. The van der Waals surface area contributed by atoms with Crippen molar-refractivity contribution in [3.05, 3.63) is 66.4 Å². The van der Waals surface area contributed by atoms with Crippen molar-refractivity contribution in [2.24, 2.45) is 0 Å². The molecule has 2 heterocycles. The van der Waals surface area contributed by atoms with Crippen molar-refractivity contribution >= 4 is 26.6 Å². The molecule has 0 amide bonds. The molecule has 0 unspecified atom stereocenters. The standard InChI is InChI=1S/C21H24N4O2S/c22-17-6-8-19(9-7-17)28(26,27)25-13-10-18(11-14-25)24-15-16-3-1-5-21-20(16)4-2-12-23-21/h1-9,12,18,24H,10-11,13-15,22H2. The van der Waals surface area contributed by atoms with Crippen molar-refractivity contribution in [1.29, 1.82) is 0 Å². The van der Waals surface area contributed by atoms with E-state index < -0.39 is 10.0 Å². The second kappa shape index (κ2) is 7.87. The number of pyridine rings is 1. The van der Waals surface area contributed by atoms with Crippen LogP contribution in [0.5, 0.6) is 0 Å². The first-order valence-electron chi connectivity index (χ1n) is 9.46. The molecule has 0 aliphatic carbocycles. The van der Waals surface area contributed by atoms with Gasteiger partial charge in [-0.05, 0) is 54.8 Å². The predicted octanol–water partition coefficient (Wildman–Crippen LogP) is 2.76. The Labute approximate surface area is 165 Å². The lowest BCUT2D eigenvalue weighted by atomic mass is 10.0. The molecule has 0 spiro atoms. The Morgan fingerprint density at radius 1 is 1.04 bits per heavy atom. The van der Waals surface area contributed by atoms with Gasteiger partial charge in [0.05, 0.1) is 10.4 Å². The summed E-state index contributed by atoms with van der Waals surface area (Å²) in [7, 11) is -3.46. The highest BCUT2D eigenvalue weighted by atomic mass is 32.2. The summed E-state index contributed by atoms with van der Waals surface area (Å²) in [4.78, 5) is 4.70. The molecular formula is C21H24N4O2S. The third-order valence-electron chi connectivity index (χ3n) is 5.29. The number of nitrogens with zero attached hydrogens (tertiary/aromatic N) is 2. The number of aromatic nitrogens is 1. The minimum atomic E-state index is -3.46. The molecule has 28 heavy (non-hydrogen) atoms. The quantitative estimate of drug-likeness (QED) is 0.648. The van der Waals surface area contributed by atoms with E-state index in [4.69, 9.17) is 5.73 Å². The van der Waals surface area contributed by atoms with Crippen molar-refractivity contribution in [2.75, 3.05) is 18.8 Å². The monoisotopic (exact) mass is 396 g/mol. The summed E-state index contributed by atoms with van der Waals surface area (Å²) >= 11 is 0. The van der Waals surface area contributed by atoms with E-state index in [0.717, 1.165) is 30.3 Å². The molecule has 4 rings (SSSR count). The normalized spacial score (nSPS) is 16.4. The summed E-state index contributed by atoms with van der Waals surface area (Å²) in [5.41, 5.74) is 8.43. The smallest absolute Gasteiger partial charge is 0.243 e. The van der Waals surface area contributed by atoms with Gasteiger partial charge in [0.15, 0.2) is 0 Å². The van der Waals surface area contributed by atoms with E-state index in [2.05, 4.69) is 22.4 Å². The second-order valence-corrected chi connectivity index (χ2v) is 9.05. The maximum Gasteiger partial charge on any atom is 0.243 e. The molecule has 1 saturated heterocycles. The van der Waals surface area contributed by atoms with Crippen molar-refractivity contribution < 1.29 is 8.42 Å². The van der Waals surface area contributed by atoms with Gasteiger partial charge in [-0.2, -0.15) is 4.31 Å². The first-order valence-corrected chi connectivity index (χ1v) is 10.9. The zero-order chi connectivity index (χ0) is 19.6. The molecule has 1 fully saturated rings. The number of nitrogens with one attached hydrogen (secondary N) is 1. The molecule has 6 nitrogen and oxygen atoms in total. The maximum absolute atomic E-state index is 12.8. The number of nitrogens with two attached hydrogens (primary N) is 1. The average Bonchev–Trinajstić information content (AvgIpc) is 2.73. The zero-order valence-electron chi connectivity index (χ0n) is 15.6. The van der Waals surface area contributed by atoms with Gasteiger partial charge < -0.3 is 11.1 Å². The molecule has 3 aromatic rings. The van der Waals surface area contributed by atoms with Gasteiger partial charge in [0, 0.05) is 42.9 Å². The van der Waals surface area contributed by atoms with Gasteiger partial charge in [0.25, 0.3) is 0 Å². The number of piperidine rings is 1. The van der Waals surface area contributed by atoms with E-state index in [1.54, 1.807) is 34.8 Å². The number of nitrogen functional groups attached to an aromatic ring is 1. The Hall–Kier alpha value is -2.48. The maximum atomic E-state index is 12.8. The van der Waals surface area contributed by atoms with Crippen molar-refractivity contribution in [2.45, 2.75) is 30.3 Å². The van der Waals surface area contributed by atoms with Crippen LogP contribution >= 0.6 is 0 Å². The highest BCUT2D eigenvalue weighted by Crippen LogP contribution is 2.22. The summed E-state index contributed by atoms with van der Waals surface area (Å²) in [5.74, 6) is 0. The molecule has 0 saturated carbocycles. The van der Waals surface area contributed by atoms with Gasteiger partial charge in [-0.3, -0.25) is 4.98 Å². The van der Waals surface area contributed by atoms with E-state index in [1.165, 1.54) is 5.56 Å². The number of anilines is 1. The Kier molecular flexibility index (Phi) is 5.30. The van der Waals surface area contributed by atoms with Crippen LogP contribution in [-0.2, 0) is 16.6 Å². The van der Waals surface area contributed by atoms with Crippen LogP contribution in [0.15, 0.2) is 65.7 Å². The van der Waals surface area contributed by atoms with Gasteiger partial charge >= 0.3 is 0 Å². The fraction of sp³-hybridized carbons (Fsp3) is 0.286. The van der Waals surface area contributed by atoms with Gasteiger partial charge in [-0.1, -0.05) is 18.2 Å². The molecule has 3 N–H and O–H groups in total. The van der Waals surface area contributed by atoms with Gasteiger partial charge in [-0.25, -0.2) is 8.42 Å². The molecular weight excluding hydrogens is 372 g/mol. The first-order chi connectivity index (χ1) is 13.5. The van der Waals surface area contributed by atoms with Gasteiger partial charge in [0.1, 0.15) is 0 Å². The summed E-state index contributed by atoms with van der Waals surface area (Å²) in [6.07, 6.45) is 3.38. The van der Waals surface area contributed by atoms with Crippen LogP contribution in [0, 0.1) is 0 Å². The number of sulfonamides is 1. The van der Waals surface area contributed by atoms with Crippen LogP contribution in [0.2, 0.25) is 0 Å². The van der Waals surface area contributed by atoms with E-state index in [1.807, 2.05) is 18.2 Å². The third kappa shape index (κ3) is 3.87. The molecule has 0 radical (unpaired) electrons. The van der Waals surface area contributed by atoms with Crippen LogP contribution in [0.25, 0.3) is 10.9 Å². The minimum Gasteiger partial charge on any atom is -0.399 e. The molecule has 0 atom stereocenters. The molecule has 7 heteroatoms. The van der Waals surface area contributed by atoms with Crippen molar-refractivity contribution in [3.8, 4) is 0 Å². The number of benzene rings is 2. The fourth-order valence-corrected chi connectivity index (χ4v) is 5.13. The molecule has 1 aromatic heterocycles. The number of rotatable bonds is 5. The minimum absolute atomic E-state index is 0.296. The van der Waals surface area contributed by atoms with E-state index in [0.29, 0.717) is 29.7 Å². The van der Waals surface area contributed by atoms with Crippen molar-refractivity contribution in [1.82, 2.24) is 14.6 Å². The summed E-state index contributed by atoms with van der Waals surface area (Å²) in [6, 6.07) is 16.9. The molecule has 0 bridgehead atoms.